The minimum atomic E-state index is -0.487. The van der Waals surface area contributed by atoms with Crippen LogP contribution in [-0.4, -0.2) is 62.6 Å². The Morgan fingerprint density at radius 1 is 1.22 bits per heavy atom. The first kappa shape index (κ1) is 17.2. The van der Waals surface area contributed by atoms with E-state index in [1.165, 1.54) is 0 Å². The third-order valence-corrected chi connectivity index (χ3v) is 3.69. The average molecular weight is 320 g/mol. The lowest BCUT2D eigenvalue weighted by Gasteiger charge is -2.27. The Morgan fingerprint density at radius 2 is 1.91 bits per heavy atom. The summed E-state index contributed by atoms with van der Waals surface area (Å²) < 4.78 is 5.37. The van der Waals surface area contributed by atoms with Crippen molar-refractivity contribution in [3.8, 4) is 5.75 Å². The van der Waals surface area contributed by atoms with E-state index in [4.69, 9.17) is 10.5 Å². The first-order valence-corrected chi connectivity index (χ1v) is 7.87. The molecular formula is C16H24N4O3. The number of carbonyl (C=O) groups excluding carboxylic acids is 2. The number of ether oxygens (including phenoxy) is 1. The van der Waals surface area contributed by atoms with Gasteiger partial charge >= 0.3 is 0 Å². The van der Waals surface area contributed by atoms with Crippen molar-refractivity contribution >= 4 is 11.8 Å². The van der Waals surface area contributed by atoms with Crippen molar-refractivity contribution in [3.63, 3.8) is 0 Å². The molecule has 1 aromatic rings. The Hall–Kier alpha value is -2.12. The third-order valence-electron chi connectivity index (χ3n) is 3.69. The SMILES string of the molecule is NC(=O)c1ccc(OCC(=O)NCCCN2CCNCC2)cc1. The lowest BCUT2D eigenvalue weighted by Crippen LogP contribution is -2.44. The molecule has 1 heterocycles. The van der Waals surface area contributed by atoms with Crippen LogP contribution < -0.4 is 21.1 Å². The number of amides is 2. The predicted octanol–water partition coefficient (Wildman–Crippen LogP) is -0.424. The second kappa shape index (κ2) is 9.12. The van der Waals surface area contributed by atoms with Gasteiger partial charge in [0, 0.05) is 38.3 Å². The largest absolute Gasteiger partial charge is 0.484 e. The molecule has 0 aliphatic carbocycles. The minimum absolute atomic E-state index is 0.0381. The fourth-order valence-corrected chi connectivity index (χ4v) is 2.38. The normalized spacial score (nSPS) is 15.1. The molecule has 126 valence electrons. The van der Waals surface area contributed by atoms with E-state index < -0.39 is 5.91 Å². The molecule has 2 amide bonds. The third kappa shape index (κ3) is 6.25. The van der Waals surface area contributed by atoms with Gasteiger partial charge in [0.05, 0.1) is 0 Å². The summed E-state index contributed by atoms with van der Waals surface area (Å²) in [5.74, 6) is -0.103. The van der Waals surface area contributed by atoms with Crippen LogP contribution in [-0.2, 0) is 4.79 Å². The highest BCUT2D eigenvalue weighted by molar-refractivity contribution is 5.92. The van der Waals surface area contributed by atoms with Crippen LogP contribution in [0.2, 0.25) is 0 Å². The van der Waals surface area contributed by atoms with E-state index in [2.05, 4.69) is 15.5 Å². The average Bonchev–Trinajstić information content (AvgIpc) is 2.58. The molecule has 0 spiro atoms. The zero-order chi connectivity index (χ0) is 16.5. The maximum atomic E-state index is 11.7. The number of nitrogens with two attached hydrogens (primary N) is 1. The molecule has 7 nitrogen and oxygen atoms in total. The van der Waals surface area contributed by atoms with Crippen LogP contribution in [0.25, 0.3) is 0 Å². The summed E-state index contributed by atoms with van der Waals surface area (Å²) in [7, 11) is 0. The molecule has 7 heteroatoms. The van der Waals surface area contributed by atoms with Crippen LogP contribution in [0.5, 0.6) is 5.75 Å². The summed E-state index contributed by atoms with van der Waals surface area (Å²) in [6, 6.07) is 6.39. The number of hydrogen-bond donors (Lipinski definition) is 3. The Kier molecular flexibility index (Phi) is 6.83. The lowest BCUT2D eigenvalue weighted by atomic mass is 10.2. The van der Waals surface area contributed by atoms with Gasteiger partial charge in [-0.25, -0.2) is 0 Å². The second-order valence-electron chi connectivity index (χ2n) is 5.47. The van der Waals surface area contributed by atoms with Crippen LogP contribution in [0.1, 0.15) is 16.8 Å². The molecular weight excluding hydrogens is 296 g/mol. The highest BCUT2D eigenvalue weighted by atomic mass is 16.5. The molecule has 1 aromatic carbocycles. The molecule has 2 rings (SSSR count). The maximum Gasteiger partial charge on any atom is 0.257 e. The van der Waals surface area contributed by atoms with E-state index in [0.29, 0.717) is 17.9 Å². The Balaban J connectivity index is 1.58. The molecule has 0 atom stereocenters. The van der Waals surface area contributed by atoms with Gasteiger partial charge in [-0.2, -0.15) is 0 Å². The predicted molar refractivity (Wildman–Crippen MR) is 87.4 cm³/mol. The summed E-state index contributed by atoms with van der Waals surface area (Å²) in [6.07, 6.45) is 0.930. The summed E-state index contributed by atoms with van der Waals surface area (Å²) in [5, 5.41) is 6.15. The van der Waals surface area contributed by atoms with Crippen molar-refractivity contribution in [3.05, 3.63) is 29.8 Å². The smallest absolute Gasteiger partial charge is 0.257 e. The second-order valence-corrected chi connectivity index (χ2v) is 5.47. The standard InChI is InChI=1S/C16H24N4O3/c17-16(22)13-2-4-14(5-3-13)23-12-15(21)19-6-1-9-20-10-7-18-8-11-20/h2-5,18H,1,6-12H2,(H2,17,22)(H,19,21). The molecule has 0 aromatic heterocycles. The van der Waals surface area contributed by atoms with Crippen LogP contribution in [0.4, 0.5) is 0 Å². The number of piperazine rings is 1. The Bertz CT molecular complexity index is 513. The molecule has 0 unspecified atom stereocenters. The molecule has 1 aliphatic heterocycles. The Labute approximate surface area is 136 Å². The first-order valence-electron chi connectivity index (χ1n) is 7.87. The zero-order valence-electron chi connectivity index (χ0n) is 13.2. The van der Waals surface area contributed by atoms with E-state index in [1.54, 1.807) is 24.3 Å². The quantitative estimate of drug-likeness (QED) is 0.565. The van der Waals surface area contributed by atoms with Gasteiger partial charge in [-0.05, 0) is 37.2 Å². The molecule has 23 heavy (non-hydrogen) atoms. The van der Waals surface area contributed by atoms with Crippen molar-refractivity contribution in [1.82, 2.24) is 15.5 Å². The summed E-state index contributed by atoms with van der Waals surface area (Å²) in [4.78, 5) is 25.0. The molecule has 0 saturated carbocycles. The number of nitrogens with one attached hydrogen (secondary N) is 2. The number of hydrogen-bond acceptors (Lipinski definition) is 5. The van der Waals surface area contributed by atoms with E-state index in [-0.39, 0.29) is 12.5 Å². The fourth-order valence-electron chi connectivity index (χ4n) is 2.38. The highest BCUT2D eigenvalue weighted by Gasteiger charge is 2.09. The van der Waals surface area contributed by atoms with Gasteiger partial charge in [-0.1, -0.05) is 0 Å². The van der Waals surface area contributed by atoms with Gasteiger partial charge in [0.1, 0.15) is 5.75 Å². The van der Waals surface area contributed by atoms with E-state index >= 15 is 0 Å². The van der Waals surface area contributed by atoms with Crippen LogP contribution in [0.15, 0.2) is 24.3 Å². The van der Waals surface area contributed by atoms with Crippen LogP contribution in [0, 0.1) is 0 Å². The Morgan fingerprint density at radius 3 is 2.57 bits per heavy atom. The molecule has 0 bridgehead atoms. The minimum Gasteiger partial charge on any atom is -0.484 e. The number of benzene rings is 1. The molecule has 1 saturated heterocycles. The van der Waals surface area contributed by atoms with Gasteiger partial charge in [0.15, 0.2) is 6.61 Å². The van der Waals surface area contributed by atoms with E-state index in [0.717, 1.165) is 39.1 Å². The van der Waals surface area contributed by atoms with Crippen molar-refractivity contribution in [2.24, 2.45) is 5.73 Å². The topological polar surface area (TPSA) is 96.7 Å². The number of nitrogens with zero attached hydrogens (tertiary/aromatic N) is 1. The van der Waals surface area contributed by atoms with Gasteiger partial charge < -0.3 is 26.0 Å². The van der Waals surface area contributed by atoms with Crippen molar-refractivity contribution < 1.29 is 14.3 Å². The number of carbonyl (C=O) groups is 2. The van der Waals surface area contributed by atoms with Crippen LogP contribution in [0.3, 0.4) is 0 Å². The number of primary amides is 1. The fraction of sp³-hybridized carbons (Fsp3) is 0.500. The monoisotopic (exact) mass is 320 g/mol. The lowest BCUT2D eigenvalue weighted by molar-refractivity contribution is -0.123. The van der Waals surface area contributed by atoms with Gasteiger partial charge in [0.25, 0.3) is 5.91 Å². The summed E-state index contributed by atoms with van der Waals surface area (Å²) in [6.45, 7) is 5.81. The molecule has 0 radical (unpaired) electrons. The van der Waals surface area contributed by atoms with Gasteiger partial charge in [0.2, 0.25) is 5.91 Å². The van der Waals surface area contributed by atoms with E-state index in [1.807, 2.05) is 0 Å². The summed E-state index contributed by atoms with van der Waals surface area (Å²) >= 11 is 0. The molecule has 1 fully saturated rings. The van der Waals surface area contributed by atoms with Gasteiger partial charge in [-0.3, -0.25) is 9.59 Å². The van der Waals surface area contributed by atoms with Gasteiger partial charge in [-0.15, -0.1) is 0 Å². The first-order chi connectivity index (χ1) is 11.1. The molecule has 1 aliphatic rings. The summed E-state index contributed by atoms with van der Waals surface area (Å²) in [5.41, 5.74) is 5.57. The van der Waals surface area contributed by atoms with Crippen molar-refractivity contribution in [1.29, 1.82) is 0 Å². The van der Waals surface area contributed by atoms with Crippen molar-refractivity contribution in [2.75, 3.05) is 45.9 Å². The zero-order valence-corrected chi connectivity index (χ0v) is 13.2. The number of rotatable bonds is 8. The maximum absolute atomic E-state index is 11.7. The highest BCUT2D eigenvalue weighted by Crippen LogP contribution is 2.11. The molecule has 4 N–H and O–H groups in total. The van der Waals surface area contributed by atoms with Crippen LogP contribution >= 0.6 is 0 Å². The van der Waals surface area contributed by atoms with Crippen molar-refractivity contribution in [2.45, 2.75) is 6.42 Å². The van der Waals surface area contributed by atoms with E-state index in [9.17, 15) is 9.59 Å².